The lowest BCUT2D eigenvalue weighted by molar-refractivity contribution is -0.137. The summed E-state index contributed by atoms with van der Waals surface area (Å²) in [5.41, 5.74) is 4.68. The van der Waals surface area contributed by atoms with Gasteiger partial charge in [-0.25, -0.2) is 0 Å². The molecule has 1 N–H and O–H groups in total. The Bertz CT molecular complexity index is 1400. The summed E-state index contributed by atoms with van der Waals surface area (Å²) in [6, 6.07) is 18.9. The van der Waals surface area contributed by atoms with Crippen LogP contribution in [0.15, 0.2) is 54.6 Å². The van der Waals surface area contributed by atoms with Gasteiger partial charge in [0.2, 0.25) is 5.91 Å². The highest BCUT2D eigenvalue weighted by Gasteiger charge is 2.60. The van der Waals surface area contributed by atoms with Crippen molar-refractivity contribution in [3.8, 4) is 16.9 Å². The van der Waals surface area contributed by atoms with Gasteiger partial charge in [0, 0.05) is 5.56 Å². The molecule has 7 fully saturated rings. The molecule has 5 heteroatoms. The zero-order chi connectivity index (χ0) is 23.5. The Kier molecular flexibility index (Phi) is 4.03. The lowest BCUT2D eigenvalue weighted by Gasteiger charge is -2.57. The van der Waals surface area contributed by atoms with E-state index in [2.05, 4.69) is 42.5 Å². The molecule has 4 nitrogen and oxygen atoms in total. The zero-order valence-corrected chi connectivity index (χ0v) is 20.3. The first kappa shape index (κ1) is 20.4. The molecule has 3 aromatic carbocycles. The van der Waals surface area contributed by atoms with Crippen molar-refractivity contribution in [2.24, 2.45) is 17.8 Å². The molecular weight excluding hydrogens is 454 g/mol. The lowest BCUT2D eigenvalue weighted by atomic mass is 9.48. The van der Waals surface area contributed by atoms with Crippen molar-refractivity contribution in [3.05, 3.63) is 65.7 Å². The van der Waals surface area contributed by atoms with E-state index in [0.29, 0.717) is 5.75 Å². The van der Waals surface area contributed by atoms with E-state index in [1.165, 1.54) is 49.0 Å². The van der Waals surface area contributed by atoms with Gasteiger partial charge in [-0.05, 0) is 125 Å². The normalized spacial score (nSPS) is 34.6. The lowest BCUT2D eigenvalue weighted by Crippen LogP contribution is -2.50. The third-order valence-electron chi connectivity index (χ3n) is 9.62. The van der Waals surface area contributed by atoms with Crippen LogP contribution in [-0.4, -0.2) is 26.4 Å². The van der Waals surface area contributed by atoms with E-state index in [4.69, 9.17) is 0 Å². The molecule has 176 valence electrons. The number of hydrogen-bond donors (Lipinski definition) is 1. The number of nitrogens with zero attached hydrogens (tertiary/aromatic N) is 1. The van der Waals surface area contributed by atoms with E-state index in [-0.39, 0.29) is 27.9 Å². The van der Waals surface area contributed by atoms with Crippen molar-refractivity contribution in [2.45, 2.75) is 55.2 Å². The first-order valence-corrected chi connectivity index (χ1v) is 13.8. The average molecular weight is 482 g/mol. The van der Waals surface area contributed by atoms with Crippen molar-refractivity contribution in [1.29, 1.82) is 0 Å². The molecule has 0 aromatic heterocycles. The molecule has 3 heterocycles. The van der Waals surface area contributed by atoms with Gasteiger partial charge in [0.1, 0.15) is 11.0 Å². The monoisotopic (exact) mass is 481 g/mol. The number of β-lactam (4-membered cyclic amide) rings is 1. The largest absolute Gasteiger partial charge is 0.508 e. The topological polar surface area (TPSA) is 57.6 Å². The number of hydrogen-bond acceptors (Lipinski definition) is 4. The number of carbonyl (C=O) groups excluding carboxylic acids is 2. The van der Waals surface area contributed by atoms with Crippen molar-refractivity contribution in [3.63, 3.8) is 0 Å². The summed E-state index contributed by atoms with van der Waals surface area (Å²) in [7, 11) is 0. The van der Waals surface area contributed by atoms with Crippen LogP contribution in [-0.2, 0) is 10.2 Å². The van der Waals surface area contributed by atoms with E-state index in [0.717, 1.165) is 57.0 Å². The molecule has 3 aromatic rings. The summed E-state index contributed by atoms with van der Waals surface area (Å²) < 4.78 is 0. The number of phenols is 1. The predicted octanol–water partition coefficient (Wildman–Crippen LogP) is 6.80. The van der Waals surface area contributed by atoms with Gasteiger partial charge < -0.3 is 5.11 Å². The minimum absolute atomic E-state index is 0.0531. The van der Waals surface area contributed by atoms with Gasteiger partial charge in [-0.15, -0.1) is 0 Å². The van der Waals surface area contributed by atoms with E-state index in [9.17, 15) is 14.7 Å². The van der Waals surface area contributed by atoms with E-state index in [1.807, 2.05) is 12.1 Å². The number of benzene rings is 3. The Morgan fingerprint density at radius 1 is 0.800 bits per heavy atom. The number of rotatable bonds is 3. The molecule has 7 aliphatic rings. The number of aromatic hydroxyl groups is 1. The molecule has 3 saturated heterocycles. The first-order chi connectivity index (χ1) is 17.0. The highest BCUT2D eigenvalue weighted by atomic mass is 32.2. The van der Waals surface area contributed by atoms with E-state index < -0.39 is 0 Å². The summed E-state index contributed by atoms with van der Waals surface area (Å²) in [6.07, 6.45) is 7.89. The van der Waals surface area contributed by atoms with Crippen LogP contribution in [0.5, 0.6) is 5.75 Å². The minimum Gasteiger partial charge on any atom is -0.508 e. The van der Waals surface area contributed by atoms with Crippen molar-refractivity contribution in [1.82, 2.24) is 4.90 Å². The van der Waals surface area contributed by atoms with Crippen LogP contribution in [0.25, 0.3) is 21.9 Å². The summed E-state index contributed by atoms with van der Waals surface area (Å²) in [6.45, 7) is 0. The highest BCUT2D eigenvalue weighted by Crippen LogP contribution is 2.62. The quantitative estimate of drug-likeness (QED) is 0.418. The van der Waals surface area contributed by atoms with Crippen LogP contribution in [0, 0.1) is 17.8 Å². The van der Waals surface area contributed by atoms with Crippen LogP contribution < -0.4 is 0 Å². The number of carbonyl (C=O) groups is 2. The van der Waals surface area contributed by atoms with Gasteiger partial charge in [0.15, 0.2) is 0 Å². The van der Waals surface area contributed by atoms with Crippen LogP contribution in [0.3, 0.4) is 0 Å². The molecule has 2 atom stereocenters. The number of phenolic OH excluding ortho intramolecular Hbond substituents is 1. The Labute approximate surface area is 208 Å². The number of fused-ring (bicyclic) bond motifs is 2. The summed E-state index contributed by atoms with van der Waals surface area (Å²) in [5.74, 6) is 2.93. The number of imide groups is 1. The maximum absolute atomic E-state index is 12.0. The SMILES string of the molecule is O=C1SC2C(=O)N1C2c1ccc2cc(-c3ccc(O)c(C45CC6CC(CC(C6)C4)C5)c3)ccc2c1. The molecule has 0 spiro atoms. The molecule has 4 aliphatic carbocycles. The summed E-state index contributed by atoms with van der Waals surface area (Å²) in [5, 5.41) is 12.8. The standard InChI is InChI=1S/C30H27NO3S/c32-25-6-5-22(12-24(25)30-13-16-7-17(14-30)9-18(8-16)15-30)20-1-2-21-11-23(4-3-19(21)10-20)26-27-28(33)31(26)29(34)35-27/h1-6,10-12,16-18,26-27,32H,7-9,13-15H2. The maximum atomic E-state index is 12.0. The third-order valence-corrected chi connectivity index (χ3v) is 10.7. The third kappa shape index (κ3) is 2.82. The van der Waals surface area contributed by atoms with Gasteiger partial charge in [0.05, 0.1) is 6.04 Å². The minimum atomic E-state index is -0.251. The van der Waals surface area contributed by atoms with Crippen LogP contribution in [0.4, 0.5) is 4.79 Å². The smallest absolute Gasteiger partial charge is 0.289 e. The summed E-state index contributed by atoms with van der Waals surface area (Å²) >= 11 is 1.15. The fraction of sp³-hybridized carbons (Fsp3) is 0.400. The second kappa shape index (κ2) is 6.91. The van der Waals surface area contributed by atoms with Gasteiger partial charge in [-0.1, -0.05) is 30.3 Å². The van der Waals surface area contributed by atoms with Crippen LogP contribution >= 0.6 is 11.8 Å². The second-order valence-corrected chi connectivity index (χ2v) is 12.8. The molecule has 6 bridgehead atoms. The molecule has 2 amide bonds. The molecule has 10 rings (SSSR count). The Balaban J connectivity index is 1.14. The molecule has 4 saturated carbocycles. The maximum Gasteiger partial charge on any atom is 0.289 e. The number of amides is 2. The van der Waals surface area contributed by atoms with Crippen LogP contribution in [0.1, 0.15) is 55.7 Å². The average Bonchev–Trinajstić information content (AvgIpc) is 3.35. The van der Waals surface area contributed by atoms with Crippen molar-refractivity contribution >= 4 is 33.7 Å². The van der Waals surface area contributed by atoms with Gasteiger partial charge in [-0.2, -0.15) is 0 Å². The van der Waals surface area contributed by atoms with Crippen molar-refractivity contribution in [2.75, 3.05) is 0 Å². The van der Waals surface area contributed by atoms with Gasteiger partial charge in [0.25, 0.3) is 5.24 Å². The van der Waals surface area contributed by atoms with Gasteiger partial charge >= 0.3 is 0 Å². The molecule has 2 unspecified atom stereocenters. The van der Waals surface area contributed by atoms with Gasteiger partial charge in [-0.3, -0.25) is 14.5 Å². The Morgan fingerprint density at radius 2 is 1.43 bits per heavy atom. The molecule has 3 aliphatic heterocycles. The zero-order valence-electron chi connectivity index (χ0n) is 19.4. The predicted molar refractivity (Wildman–Crippen MR) is 137 cm³/mol. The fourth-order valence-corrected chi connectivity index (χ4v) is 9.64. The van der Waals surface area contributed by atoms with E-state index in [1.54, 1.807) is 0 Å². The first-order valence-electron chi connectivity index (χ1n) is 12.9. The van der Waals surface area contributed by atoms with E-state index >= 15 is 0 Å². The second-order valence-electron chi connectivity index (χ2n) is 11.7. The fourth-order valence-electron chi connectivity index (χ4n) is 8.48. The van der Waals surface area contributed by atoms with Crippen molar-refractivity contribution < 1.29 is 14.7 Å². The molecular formula is C30H27NO3S. The number of thioether (sulfide) groups is 1. The van der Waals surface area contributed by atoms with Crippen LogP contribution in [0.2, 0.25) is 0 Å². The summed E-state index contributed by atoms with van der Waals surface area (Å²) in [4.78, 5) is 25.4. The highest BCUT2D eigenvalue weighted by molar-refractivity contribution is 8.15. The molecule has 35 heavy (non-hydrogen) atoms. The molecule has 0 radical (unpaired) electrons. The Hall–Kier alpha value is -2.79. The Morgan fingerprint density at radius 3 is 2.09 bits per heavy atom.